The van der Waals surface area contributed by atoms with E-state index in [0.717, 1.165) is 49.4 Å². The molecule has 0 aliphatic heterocycles. The summed E-state index contributed by atoms with van der Waals surface area (Å²) in [5.41, 5.74) is 13.5. The number of hydrogen-bond acceptors (Lipinski definition) is 3. The molecular formula is C46H30N2S. The predicted octanol–water partition coefficient (Wildman–Crippen LogP) is 12.8. The van der Waals surface area contributed by atoms with Crippen LogP contribution in [-0.2, 0) is 0 Å². The molecule has 0 spiro atoms. The summed E-state index contributed by atoms with van der Waals surface area (Å²) in [4.78, 5) is 10.5. The van der Waals surface area contributed by atoms with Crippen molar-refractivity contribution < 1.29 is 0 Å². The first-order valence-corrected chi connectivity index (χ1v) is 17.3. The highest BCUT2D eigenvalue weighted by atomic mass is 32.1. The minimum absolute atomic E-state index is 0.729. The molecule has 0 atom stereocenters. The van der Waals surface area contributed by atoms with Gasteiger partial charge in [-0.3, -0.25) is 0 Å². The van der Waals surface area contributed by atoms with Crippen molar-refractivity contribution in [2.75, 3.05) is 0 Å². The van der Waals surface area contributed by atoms with Gasteiger partial charge in [0, 0.05) is 21.2 Å². The van der Waals surface area contributed by atoms with Crippen molar-refractivity contribution in [1.29, 1.82) is 0 Å². The Morgan fingerprint density at radius 3 is 1.35 bits per heavy atom. The first kappa shape index (κ1) is 29.0. The molecule has 3 heteroatoms. The molecule has 2 nitrogen and oxygen atoms in total. The first-order valence-electron chi connectivity index (χ1n) is 16.5. The van der Waals surface area contributed by atoms with Crippen LogP contribution in [0.3, 0.4) is 0 Å². The second-order valence-electron chi connectivity index (χ2n) is 12.2. The predicted molar refractivity (Wildman–Crippen MR) is 208 cm³/mol. The van der Waals surface area contributed by atoms with Crippen LogP contribution in [0, 0.1) is 0 Å². The third-order valence-corrected chi connectivity index (χ3v) is 10.3. The van der Waals surface area contributed by atoms with Gasteiger partial charge in [-0.05, 0) is 68.8 Å². The maximum absolute atomic E-state index is 5.29. The van der Waals surface area contributed by atoms with E-state index >= 15 is 0 Å². The number of benzene rings is 7. The van der Waals surface area contributed by atoms with Gasteiger partial charge in [0.1, 0.15) is 0 Å². The van der Waals surface area contributed by atoms with Crippen LogP contribution in [0.4, 0.5) is 0 Å². The van der Waals surface area contributed by atoms with Crippen molar-refractivity contribution in [3.05, 3.63) is 182 Å². The smallest absolute Gasteiger partial charge is 0.160 e. The summed E-state index contributed by atoms with van der Waals surface area (Å²) in [5.74, 6) is 0.729. The van der Waals surface area contributed by atoms with E-state index in [1.54, 1.807) is 11.3 Å². The van der Waals surface area contributed by atoms with Gasteiger partial charge in [-0.1, -0.05) is 158 Å². The van der Waals surface area contributed by atoms with Crippen molar-refractivity contribution in [2.45, 2.75) is 0 Å². The standard InChI is InChI=1S/C46H30N2S/c1-3-12-31(13-4-1)35-16-9-17-36(28-35)33-24-26-34(27-25-33)38-19-11-21-40(30-38)46-47-43(45-44(48-46)41-22-7-8-23-42(41)49-45)39-20-10-18-37(29-39)32-14-5-2-6-15-32/h1-30H. The second kappa shape index (κ2) is 12.5. The monoisotopic (exact) mass is 642 g/mol. The lowest BCUT2D eigenvalue weighted by Gasteiger charge is -2.11. The molecule has 0 amide bonds. The maximum atomic E-state index is 5.29. The molecule has 0 unspecified atom stereocenters. The third-order valence-electron chi connectivity index (χ3n) is 9.10. The summed E-state index contributed by atoms with van der Waals surface area (Å²) in [7, 11) is 0. The van der Waals surface area contributed by atoms with Crippen molar-refractivity contribution in [1.82, 2.24) is 9.97 Å². The number of hydrogen-bond donors (Lipinski definition) is 0. The lowest BCUT2D eigenvalue weighted by molar-refractivity contribution is 1.24. The van der Waals surface area contributed by atoms with E-state index in [1.165, 1.54) is 38.1 Å². The molecule has 9 rings (SSSR count). The lowest BCUT2D eigenvalue weighted by Crippen LogP contribution is -1.94. The van der Waals surface area contributed by atoms with Crippen LogP contribution in [0.5, 0.6) is 0 Å². The molecule has 0 saturated carbocycles. The molecule has 2 aromatic heterocycles. The summed E-state index contributed by atoms with van der Waals surface area (Å²) in [6, 6.07) is 64.5. The van der Waals surface area contributed by atoms with Crippen LogP contribution in [0.2, 0.25) is 0 Å². The normalized spacial score (nSPS) is 11.3. The van der Waals surface area contributed by atoms with Crippen LogP contribution in [0.1, 0.15) is 0 Å². The van der Waals surface area contributed by atoms with E-state index in [-0.39, 0.29) is 0 Å². The Morgan fingerprint density at radius 1 is 0.327 bits per heavy atom. The Labute approximate surface area is 289 Å². The molecule has 0 bridgehead atoms. The lowest BCUT2D eigenvalue weighted by atomic mass is 9.96. The molecule has 0 radical (unpaired) electrons. The van der Waals surface area contributed by atoms with E-state index in [2.05, 4.69) is 182 Å². The SMILES string of the molecule is c1ccc(-c2cccc(-c3ccc(-c4cccc(-c5nc(-c6cccc(-c7ccccc7)c6)c6sc7ccccc7c6n5)c4)cc3)c2)cc1. The Kier molecular flexibility index (Phi) is 7.38. The molecule has 49 heavy (non-hydrogen) atoms. The fraction of sp³-hybridized carbons (Fsp3) is 0. The zero-order valence-corrected chi connectivity index (χ0v) is 27.4. The molecule has 2 heterocycles. The van der Waals surface area contributed by atoms with Crippen LogP contribution in [-0.4, -0.2) is 9.97 Å². The van der Waals surface area contributed by atoms with Crippen LogP contribution >= 0.6 is 11.3 Å². The van der Waals surface area contributed by atoms with Crippen molar-refractivity contribution in [3.63, 3.8) is 0 Å². The molecule has 0 fully saturated rings. The maximum Gasteiger partial charge on any atom is 0.160 e. The molecule has 9 aromatic rings. The Bertz CT molecular complexity index is 2590. The minimum Gasteiger partial charge on any atom is -0.226 e. The van der Waals surface area contributed by atoms with Gasteiger partial charge in [-0.25, -0.2) is 9.97 Å². The van der Waals surface area contributed by atoms with Gasteiger partial charge in [0.15, 0.2) is 5.82 Å². The van der Waals surface area contributed by atoms with Gasteiger partial charge >= 0.3 is 0 Å². The fourth-order valence-electron chi connectivity index (χ4n) is 6.59. The fourth-order valence-corrected chi connectivity index (χ4v) is 7.75. The van der Waals surface area contributed by atoms with E-state index < -0.39 is 0 Å². The Morgan fingerprint density at radius 2 is 0.755 bits per heavy atom. The van der Waals surface area contributed by atoms with Crippen molar-refractivity contribution >= 4 is 31.6 Å². The third kappa shape index (κ3) is 5.61. The molecule has 0 saturated heterocycles. The minimum atomic E-state index is 0.729. The van der Waals surface area contributed by atoms with Gasteiger partial charge in [-0.2, -0.15) is 0 Å². The van der Waals surface area contributed by atoms with E-state index in [9.17, 15) is 0 Å². The molecule has 7 aromatic carbocycles. The number of rotatable bonds is 6. The molecule has 0 aliphatic carbocycles. The second-order valence-corrected chi connectivity index (χ2v) is 13.3. The zero-order valence-electron chi connectivity index (χ0n) is 26.6. The number of thiophene rings is 1. The van der Waals surface area contributed by atoms with Crippen LogP contribution < -0.4 is 0 Å². The summed E-state index contributed by atoms with van der Waals surface area (Å²) < 4.78 is 2.32. The summed E-state index contributed by atoms with van der Waals surface area (Å²) in [6.07, 6.45) is 0. The van der Waals surface area contributed by atoms with E-state index in [1.807, 2.05) is 0 Å². The molecule has 230 valence electrons. The van der Waals surface area contributed by atoms with E-state index in [0.29, 0.717) is 0 Å². The highest BCUT2D eigenvalue weighted by Gasteiger charge is 2.17. The Hall–Kier alpha value is -6.16. The average molecular weight is 643 g/mol. The van der Waals surface area contributed by atoms with Gasteiger partial charge < -0.3 is 0 Å². The summed E-state index contributed by atoms with van der Waals surface area (Å²) in [6.45, 7) is 0. The van der Waals surface area contributed by atoms with Gasteiger partial charge in [0.2, 0.25) is 0 Å². The molecular weight excluding hydrogens is 613 g/mol. The van der Waals surface area contributed by atoms with Crippen LogP contribution in [0.15, 0.2) is 182 Å². The number of aromatic nitrogens is 2. The first-order chi connectivity index (χ1) is 24.3. The van der Waals surface area contributed by atoms with Crippen LogP contribution in [0.25, 0.3) is 87.5 Å². The van der Waals surface area contributed by atoms with E-state index in [4.69, 9.17) is 9.97 Å². The van der Waals surface area contributed by atoms with Gasteiger partial charge in [-0.15, -0.1) is 11.3 Å². The zero-order chi connectivity index (χ0) is 32.6. The Balaban J connectivity index is 1.11. The number of fused-ring (bicyclic) bond motifs is 3. The van der Waals surface area contributed by atoms with Crippen molar-refractivity contribution in [2.24, 2.45) is 0 Å². The highest BCUT2D eigenvalue weighted by Crippen LogP contribution is 2.40. The van der Waals surface area contributed by atoms with Gasteiger partial charge in [0.05, 0.1) is 15.9 Å². The molecule has 0 N–H and O–H groups in total. The highest BCUT2D eigenvalue weighted by molar-refractivity contribution is 7.26. The summed E-state index contributed by atoms with van der Waals surface area (Å²) >= 11 is 1.76. The number of nitrogens with zero attached hydrogens (tertiary/aromatic N) is 2. The quantitative estimate of drug-likeness (QED) is 0.180. The average Bonchev–Trinajstić information content (AvgIpc) is 3.57. The molecule has 0 aliphatic rings. The summed E-state index contributed by atoms with van der Waals surface area (Å²) in [5, 5.41) is 1.16. The van der Waals surface area contributed by atoms with Crippen molar-refractivity contribution in [3.8, 4) is 67.2 Å². The topological polar surface area (TPSA) is 25.8 Å². The largest absolute Gasteiger partial charge is 0.226 e. The van der Waals surface area contributed by atoms with Gasteiger partial charge in [0.25, 0.3) is 0 Å².